The second-order valence-corrected chi connectivity index (χ2v) is 6.49. The molecule has 0 aromatic heterocycles. The first kappa shape index (κ1) is 19.5. The molecule has 26 heavy (non-hydrogen) atoms. The van der Waals surface area contributed by atoms with Crippen LogP contribution >= 0.6 is 0 Å². The molecule has 1 amide bonds. The lowest BCUT2D eigenvalue weighted by atomic mass is 10.2. The van der Waals surface area contributed by atoms with Crippen LogP contribution in [-0.2, 0) is 20.3 Å². The maximum absolute atomic E-state index is 12.2. The SMILES string of the molecule is COc1ccc(NC(=O)COC(=O)c2ccccc2[S@](C)=O)c(OC)c1. The number of nitrogens with one attached hydrogen (secondary N) is 1. The van der Waals surface area contributed by atoms with Crippen molar-refractivity contribution in [3.05, 3.63) is 48.0 Å². The largest absolute Gasteiger partial charge is 0.497 e. The van der Waals surface area contributed by atoms with Crippen LogP contribution in [0.3, 0.4) is 0 Å². The Labute approximate surface area is 153 Å². The smallest absolute Gasteiger partial charge is 0.339 e. The van der Waals surface area contributed by atoms with E-state index in [4.69, 9.17) is 14.2 Å². The first-order valence-electron chi connectivity index (χ1n) is 7.57. The highest BCUT2D eigenvalue weighted by Crippen LogP contribution is 2.28. The highest BCUT2D eigenvalue weighted by atomic mass is 32.2. The second-order valence-electron chi connectivity index (χ2n) is 5.14. The van der Waals surface area contributed by atoms with Crippen molar-refractivity contribution < 1.29 is 28.0 Å². The number of rotatable bonds is 7. The lowest BCUT2D eigenvalue weighted by Crippen LogP contribution is -2.21. The van der Waals surface area contributed by atoms with Crippen LogP contribution in [0.25, 0.3) is 0 Å². The van der Waals surface area contributed by atoms with Gasteiger partial charge in [-0.25, -0.2) is 4.79 Å². The number of methoxy groups -OCH3 is 2. The summed E-state index contributed by atoms with van der Waals surface area (Å²) in [5, 5.41) is 2.60. The van der Waals surface area contributed by atoms with Crippen LogP contribution in [0, 0.1) is 0 Å². The molecular weight excluding hydrogens is 358 g/mol. The average molecular weight is 377 g/mol. The number of esters is 1. The van der Waals surface area contributed by atoms with Gasteiger partial charge in [0.2, 0.25) is 0 Å². The summed E-state index contributed by atoms with van der Waals surface area (Å²) in [7, 11) is 1.64. The molecular formula is C18H19NO6S. The summed E-state index contributed by atoms with van der Waals surface area (Å²) in [6.07, 6.45) is 1.47. The van der Waals surface area contributed by atoms with E-state index in [0.717, 1.165) is 0 Å². The second kappa shape index (κ2) is 9.00. The van der Waals surface area contributed by atoms with Gasteiger partial charge in [0, 0.05) is 12.3 Å². The molecule has 0 aliphatic heterocycles. The van der Waals surface area contributed by atoms with Gasteiger partial charge in [0.25, 0.3) is 5.91 Å². The monoisotopic (exact) mass is 377 g/mol. The molecule has 0 unspecified atom stereocenters. The van der Waals surface area contributed by atoms with Crippen molar-refractivity contribution in [3.8, 4) is 11.5 Å². The van der Waals surface area contributed by atoms with Crippen molar-refractivity contribution in [1.29, 1.82) is 0 Å². The number of hydrogen-bond acceptors (Lipinski definition) is 6. The summed E-state index contributed by atoms with van der Waals surface area (Å²) < 4.78 is 27.0. The van der Waals surface area contributed by atoms with Gasteiger partial charge in [-0.1, -0.05) is 12.1 Å². The van der Waals surface area contributed by atoms with E-state index < -0.39 is 29.3 Å². The predicted molar refractivity (Wildman–Crippen MR) is 97.2 cm³/mol. The minimum Gasteiger partial charge on any atom is -0.497 e. The normalized spacial score (nSPS) is 11.3. The van der Waals surface area contributed by atoms with E-state index in [-0.39, 0.29) is 5.56 Å². The van der Waals surface area contributed by atoms with E-state index in [1.807, 2.05) is 0 Å². The number of hydrogen-bond donors (Lipinski definition) is 1. The Morgan fingerprint density at radius 3 is 2.46 bits per heavy atom. The van der Waals surface area contributed by atoms with Crippen molar-refractivity contribution in [2.45, 2.75) is 4.90 Å². The van der Waals surface area contributed by atoms with Gasteiger partial charge in [-0.2, -0.15) is 0 Å². The van der Waals surface area contributed by atoms with Crippen LogP contribution in [0.15, 0.2) is 47.4 Å². The number of carbonyl (C=O) groups is 2. The lowest BCUT2D eigenvalue weighted by Gasteiger charge is -2.12. The average Bonchev–Trinajstić information content (AvgIpc) is 2.66. The number of benzene rings is 2. The van der Waals surface area contributed by atoms with Crippen LogP contribution in [0.1, 0.15) is 10.4 Å². The van der Waals surface area contributed by atoms with Gasteiger partial charge in [0.1, 0.15) is 11.5 Å². The molecule has 0 fully saturated rings. The lowest BCUT2D eigenvalue weighted by molar-refractivity contribution is -0.119. The first-order chi connectivity index (χ1) is 12.5. The number of anilines is 1. The topological polar surface area (TPSA) is 90.9 Å². The standard InChI is InChI=1S/C18H19NO6S/c1-23-12-8-9-14(15(10-12)24-2)19-17(20)11-25-18(21)13-6-4-5-7-16(13)26(3)22/h4-10H,11H2,1-3H3,(H,19,20)/t26-/m0/s1. The minimum absolute atomic E-state index is 0.170. The molecule has 0 radical (unpaired) electrons. The highest BCUT2D eigenvalue weighted by Gasteiger charge is 2.16. The number of carbonyl (C=O) groups excluding carboxylic acids is 2. The van der Waals surface area contributed by atoms with Gasteiger partial charge in [-0.15, -0.1) is 0 Å². The third kappa shape index (κ3) is 4.82. The molecule has 0 bridgehead atoms. The van der Waals surface area contributed by atoms with Crippen LogP contribution in [0.5, 0.6) is 11.5 Å². The van der Waals surface area contributed by atoms with Gasteiger partial charge in [-0.05, 0) is 24.3 Å². The minimum atomic E-state index is -1.34. The zero-order chi connectivity index (χ0) is 19.1. The van der Waals surface area contributed by atoms with Crippen LogP contribution in [0.4, 0.5) is 5.69 Å². The van der Waals surface area contributed by atoms with E-state index in [1.54, 1.807) is 36.4 Å². The predicted octanol–water partition coefficient (Wildman–Crippen LogP) is 2.24. The van der Waals surface area contributed by atoms with Crippen molar-refractivity contribution in [2.75, 3.05) is 32.4 Å². The third-order valence-electron chi connectivity index (χ3n) is 3.43. The van der Waals surface area contributed by atoms with E-state index in [9.17, 15) is 13.8 Å². The van der Waals surface area contributed by atoms with Gasteiger partial charge >= 0.3 is 5.97 Å². The van der Waals surface area contributed by atoms with Crippen molar-refractivity contribution in [2.24, 2.45) is 0 Å². The Balaban J connectivity index is 2.01. The third-order valence-corrected chi connectivity index (χ3v) is 4.41. The Bertz CT molecular complexity index is 836. The Morgan fingerprint density at radius 1 is 1.08 bits per heavy atom. The Hall–Kier alpha value is -2.87. The van der Waals surface area contributed by atoms with Crippen molar-refractivity contribution in [3.63, 3.8) is 0 Å². The van der Waals surface area contributed by atoms with Crippen LogP contribution < -0.4 is 14.8 Å². The summed E-state index contributed by atoms with van der Waals surface area (Å²) >= 11 is 0. The number of amides is 1. The fourth-order valence-corrected chi connectivity index (χ4v) is 2.91. The molecule has 0 aliphatic carbocycles. The van der Waals surface area contributed by atoms with Gasteiger partial charge < -0.3 is 19.5 Å². The molecule has 8 heteroatoms. The first-order valence-corrected chi connectivity index (χ1v) is 9.13. The van der Waals surface area contributed by atoms with Gasteiger partial charge in [0.15, 0.2) is 6.61 Å². The molecule has 0 heterocycles. The number of ether oxygens (including phenoxy) is 3. The molecule has 0 spiro atoms. The molecule has 138 valence electrons. The quantitative estimate of drug-likeness (QED) is 0.744. The molecule has 0 saturated carbocycles. The Kier molecular flexibility index (Phi) is 6.74. The molecule has 2 rings (SSSR count). The fraction of sp³-hybridized carbons (Fsp3) is 0.222. The maximum atomic E-state index is 12.2. The molecule has 0 saturated heterocycles. The van der Waals surface area contributed by atoms with Gasteiger partial charge in [-0.3, -0.25) is 9.00 Å². The van der Waals surface area contributed by atoms with Gasteiger partial charge in [0.05, 0.1) is 41.2 Å². The highest BCUT2D eigenvalue weighted by molar-refractivity contribution is 7.84. The molecule has 1 atom stereocenters. The summed E-state index contributed by atoms with van der Waals surface area (Å²) in [5.74, 6) is -0.254. The summed E-state index contributed by atoms with van der Waals surface area (Å²) in [5.41, 5.74) is 0.590. The molecule has 2 aromatic carbocycles. The van der Waals surface area contributed by atoms with E-state index in [1.165, 1.54) is 26.5 Å². The molecule has 2 aromatic rings. The maximum Gasteiger partial charge on any atom is 0.339 e. The zero-order valence-electron chi connectivity index (χ0n) is 14.6. The summed E-state index contributed by atoms with van der Waals surface area (Å²) in [6, 6.07) is 11.3. The molecule has 1 N–H and O–H groups in total. The van der Waals surface area contributed by atoms with E-state index in [2.05, 4.69) is 5.32 Å². The zero-order valence-corrected chi connectivity index (χ0v) is 15.4. The van der Waals surface area contributed by atoms with E-state index >= 15 is 0 Å². The van der Waals surface area contributed by atoms with E-state index in [0.29, 0.717) is 22.1 Å². The van der Waals surface area contributed by atoms with Crippen LogP contribution in [-0.4, -0.2) is 43.2 Å². The van der Waals surface area contributed by atoms with Crippen molar-refractivity contribution in [1.82, 2.24) is 0 Å². The van der Waals surface area contributed by atoms with Crippen molar-refractivity contribution >= 4 is 28.4 Å². The fourth-order valence-electron chi connectivity index (χ4n) is 2.18. The summed E-state index contributed by atoms with van der Waals surface area (Å²) in [6.45, 7) is -0.487. The molecule has 0 aliphatic rings. The van der Waals surface area contributed by atoms with Crippen LogP contribution in [0.2, 0.25) is 0 Å². The summed E-state index contributed by atoms with van der Waals surface area (Å²) in [4.78, 5) is 24.6. The molecule has 7 nitrogen and oxygen atoms in total. The Morgan fingerprint density at radius 2 is 1.81 bits per heavy atom.